The van der Waals surface area contributed by atoms with Crippen LogP contribution in [-0.2, 0) is 5.60 Å². The summed E-state index contributed by atoms with van der Waals surface area (Å²) in [7, 11) is 0. The van der Waals surface area contributed by atoms with E-state index in [1.807, 2.05) is 121 Å². The smallest absolute Gasteiger partial charge is 0.185 e. The minimum Gasteiger partial charge on any atom is -0.472 e. The lowest BCUT2D eigenvalue weighted by atomic mass is 9.75. The first kappa shape index (κ1) is 44.3. The lowest BCUT2D eigenvalue weighted by Crippen LogP contribution is -2.38. The van der Waals surface area contributed by atoms with Crippen LogP contribution in [0, 0.1) is 0 Å². The van der Waals surface area contributed by atoms with Crippen molar-refractivity contribution in [3.05, 3.63) is 272 Å². The summed E-state index contributed by atoms with van der Waals surface area (Å²) in [6, 6.07) is 82.5. The highest BCUT2D eigenvalue weighted by atomic mass is 16.5. The van der Waals surface area contributed by atoms with Crippen LogP contribution < -0.4 is 4.74 Å². The molecule has 9 aromatic carbocycles. The van der Waals surface area contributed by atoms with Gasteiger partial charge in [0.1, 0.15) is 5.75 Å². The molecule has 4 aromatic heterocycles. The highest BCUT2D eigenvalue weighted by Gasteiger charge is 2.44. The number of benzene rings is 9. The number of rotatable bonds is 9. The molecule has 0 amide bonds. The Morgan fingerprint density at radius 1 is 0.276 bits per heavy atom. The Balaban J connectivity index is 1.00. The van der Waals surface area contributed by atoms with Crippen molar-refractivity contribution in [1.29, 1.82) is 0 Å². The first-order valence-corrected chi connectivity index (χ1v) is 25.1. The molecule has 0 atom stereocenters. The Labute approximate surface area is 438 Å². The Kier molecular flexibility index (Phi) is 10.8. The van der Waals surface area contributed by atoms with Crippen molar-refractivity contribution >= 4 is 21.8 Å². The number of hydrogen-bond acceptors (Lipinski definition) is 9. The Morgan fingerprint density at radius 3 is 1.42 bits per heavy atom. The second kappa shape index (κ2) is 18.6. The van der Waals surface area contributed by atoms with Crippen LogP contribution in [0.3, 0.4) is 0 Å². The molecule has 1 aliphatic heterocycles. The topological polar surface area (TPSA) is 112 Å². The molecule has 76 heavy (non-hydrogen) atoms. The molecule has 9 heteroatoms. The van der Waals surface area contributed by atoms with Gasteiger partial charge in [-0.2, -0.15) is 0 Å². The van der Waals surface area contributed by atoms with E-state index in [4.69, 9.17) is 34.6 Å². The van der Waals surface area contributed by atoms with E-state index in [1.54, 1.807) is 12.4 Å². The van der Waals surface area contributed by atoms with Crippen molar-refractivity contribution in [2.45, 2.75) is 5.60 Å². The highest BCUT2D eigenvalue weighted by molar-refractivity contribution is 5.90. The predicted octanol–water partition coefficient (Wildman–Crippen LogP) is 15.2. The van der Waals surface area contributed by atoms with Crippen LogP contribution in [0.2, 0.25) is 0 Å². The van der Waals surface area contributed by atoms with Crippen molar-refractivity contribution < 1.29 is 4.74 Å². The molecule has 9 nitrogen and oxygen atoms in total. The summed E-state index contributed by atoms with van der Waals surface area (Å²) in [5.74, 6) is 3.81. The van der Waals surface area contributed by atoms with Gasteiger partial charge in [0.15, 0.2) is 40.5 Å². The number of hydrogen-bond donors (Lipinski definition) is 0. The van der Waals surface area contributed by atoms with Crippen molar-refractivity contribution in [1.82, 2.24) is 39.9 Å². The number of aromatic nitrogens is 8. The molecule has 1 aliphatic rings. The highest BCUT2D eigenvalue weighted by Crippen LogP contribution is 2.52. The molecule has 0 N–H and O–H groups in total. The second-order valence-corrected chi connectivity index (χ2v) is 18.7. The zero-order valence-corrected chi connectivity index (χ0v) is 40.7. The minimum atomic E-state index is -0.947. The van der Waals surface area contributed by atoms with Crippen LogP contribution in [0.15, 0.2) is 255 Å². The summed E-state index contributed by atoms with van der Waals surface area (Å²) in [5.41, 5.74) is 12.6. The number of ether oxygens (including phenoxy) is 1. The van der Waals surface area contributed by atoms with Gasteiger partial charge in [-0.25, -0.2) is 29.9 Å². The minimum absolute atomic E-state index is 0.474. The molecule has 0 saturated carbocycles. The maximum Gasteiger partial charge on any atom is 0.185 e. The Morgan fingerprint density at radius 2 is 0.763 bits per heavy atom. The molecule has 0 aliphatic carbocycles. The molecule has 0 unspecified atom stereocenters. The van der Waals surface area contributed by atoms with E-state index in [0.717, 1.165) is 99.9 Å². The molecule has 0 spiro atoms. The van der Waals surface area contributed by atoms with Gasteiger partial charge in [-0.05, 0) is 65.2 Å². The zero-order chi connectivity index (χ0) is 50.4. The normalized spacial score (nSPS) is 12.4. The average Bonchev–Trinajstić information content (AvgIpc) is 3.52. The second-order valence-electron chi connectivity index (χ2n) is 18.7. The van der Waals surface area contributed by atoms with E-state index in [-0.39, 0.29) is 0 Å². The van der Waals surface area contributed by atoms with Gasteiger partial charge in [0.25, 0.3) is 0 Å². The van der Waals surface area contributed by atoms with Crippen LogP contribution in [0.4, 0.5) is 0 Å². The van der Waals surface area contributed by atoms with Gasteiger partial charge in [-0.1, -0.05) is 194 Å². The van der Waals surface area contributed by atoms with Crippen molar-refractivity contribution in [3.8, 4) is 96.3 Å². The molecule has 13 aromatic rings. The summed E-state index contributed by atoms with van der Waals surface area (Å²) in [6.45, 7) is 0. The summed E-state index contributed by atoms with van der Waals surface area (Å²) in [4.78, 5) is 40.6. The van der Waals surface area contributed by atoms with Crippen LogP contribution in [0.1, 0.15) is 16.7 Å². The quantitative estimate of drug-likeness (QED) is 0.140. The Hall–Kier alpha value is -10.4. The lowest BCUT2D eigenvalue weighted by molar-refractivity contribution is 0.152. The zero-order valence-electron chi connectivity index (χ0n) is 40.7. The van der Waals surface area contributed by atoms with Crippen molar-refractivity contribution in [3.63, 3.8) is 0 Å². The van der Waals surface area contributed by atoms with Crippen LogP contribution in [0.5, 0.6) is 5.75 Å². The summed E-state index contributed by atoms with van der Waals surface area (Å²) < 4.78 is 7.56. The van der Waals surface area contributed by atoms with Gasteiger partial charge < -0.3 is 4.74 Å². The fourth-order valence-electron chi connectivity index (χ4n) is 10.4. The van der Waals surface area contributed by atoms with Crippen LogP contribution in [-0.4, -0.2) is 39.9 Å². The third-order valence-electron chi connectivity index (χ3n) is 14.1. The fraction of sp³-hybridized carbons (Fsp3) is 0.0149. The SMILES string of the molecule is c1ccc(-c2nc(-c3ccccc3)nc(-c3cc(-c4nc(-c5ccc6ncccc6c5)nc(-c5ccc6cccnc6c5)n4)ccc3-c3ccc4c(c3)OC(c3ccccc3)(c3ccccc3)c3ccccc3-4)n2)cc1. The number of pyridine rings is 2. The Bertz CT molecular complexity index is 4130. The molecule has 356 valence electrons. The summed E-state index contributed by atoms with van der Waals surface area (Å²) in [5, 5.41) is 2.00. The third-order valence-corrected chi connectivity index (χ3v) is 14.1. The molecular weight excluding hydrogens is 933 g/mol. The van der Waals surface area contributed by atoms with Gasteiger partial charge in [-0.3, -0.25) is 9.97 Å². The lowest BCUT2D eigenvalue weighted by Gasteiger charge is -2.41. The molecule has 0 bridgehead atoms. The predicted molar refractivity (Wildman–Crippen MR) is 301 cm³/mol. The maximum absolute atomic E-state index is 7.56. The van der Waals surface area contributed by atoms with Gasteiger partial charge in [0.05, 0.1) is 11.0 Å². The van der Waals surface area contributed by atoms with Crippen LogP contribution in [0.25, 0.3) is 112 Å². The molecule has 14 rings (SSSR count). The van der Waals surface area contributed by atoms with E-state index >= 15 is 0 Å². The number of fused-ring (bicyclic) bond motifs is 5. The molecule has 0 fully saturated rings. The molecular formula is C67H42N8O. The molecule has 5 heterocycles. The van der Waals surface area contributed by atoms with Gasteiger partial charge in [-0.15, -0.1) is 0 Å². The first-order chi connectivity index (χ1) is 37.6. The average molecular weight is 975 g/mol. The van der Waals surface area contributed by atoms with Crippen molar-refractivity contribution in [2.75, 3.05) is 0 Å². The monoisotopic (exact) mass is 974 g/mol. The standard InChI is InChI=1S/C67H42N8O/c1-5-17-44(18-6-1)61-70-62(45-19-7-2-8-20-45)75-66(74-61)56-40-49(64-71-63(48-33-36-58-47(39-48)22-16-37-68-58)72-65(73-64)50-30-29-43-21-15-38-69-59(43)41-50)32-34-53(56)46-31-35-55-54-27-13-14-28-57(54)67(76-60(55)42-46,51-23-9-3-10-24-51)52-25-11-4-12-26-52/h1-42H. The largest absolute Gasteiger partial charge is 0.472 e. The maximum atomic E-state index is 7.56. The summed E-state index contributed by atoms with van der Waals surface area (Å²) in [6.07, 6.45) is 3.60. The number of nitrogens with zero attached hydrogens (tertiary/aromatic N) is 8. The van der Waals surface area contributed by atoms with Crippen LogP contribution >= 0.6 is 0 Å². The van der Waals surface area contributed by atoms with E-state index in [2.05, 4.69) is 131 Å². The van der Waals surface area contributed by atoms with E-state index in [0.29, 0.717) is 34.9 Å². The molecule has 0 saturated heterocycles. The van der Waals surface area contributed by atoms with E-state index in [1.165, 1.54) is 0 Å². The van der Waals surface area contributed by atoms with Gasteiger partial charge >= 0.3 is 0 Å². The van der Waals surface area contributed by atoms with Gasteiger partial charge in [0.2, 0.25) is 0 Å². The first-order valence-electron chi connectivity index (χ1n) is 25.1. The molecule has 0 radical (unpaired) electrons. The summed E-state index contributed by atoms with van der Waals surface area (Å²) >= 11 is 0. The van der Waals surface area contributed by atoms with Crippen molar-refractivity contribution in [2.24, 2.45) is 0 Å². The van der Waals surface area contributed by atoms with E-state index < -0.39 is 5.60 Å². The third kappa shape index (κ3) is 7.91. The van der Waals surface area contributed by atoms with E-state index in [9.17, 15) is 0 Å². The van der Waals surface area contributed by atoms with Gasteiger partial charge in [0, 0.05) is 78.8 Å². The fourth-order valence-corrected chi connectivity index (χ4v) is 10.4.